The van der Waals surface area contributed by atoms with Gasteiger partial charge in [0.2, 0.25) is 11.8 Å². The maximum absolute atomic E-state index is 11.7. The van der Waals surface area contributed by atoms with E-state index in [-0.39, 0.29) is 24.4 Å². The van der Waals surface area contributed by atoms with E-state index in [9.17, 15) is 4.79 Å². The van der Waals surface area contributed by atoms with Gasteiger partial charge in [-0.15, -0.1) is 12.4 Å². The van der Waals surface area contributed by atoms with Crippen LogP contribution < -0.4 is 11.1 Å². The molecule has 6 nitrogen and oxygen atoms in total. The Morgan fingerprint density at radius 2 is 2.24 bits per heavy atom. The fourth-order valence-corrected chi connectivity index (χ4v) is 2.13. The number of nitrogens with one attached hydrogen (secondary N) is 1. The van der Waals surface area contributed by atoms with Gasteiger partial charge in [0.1, 0.15) is 0 Å². The normalized spacial score (nSPS) is 15.3. The van der Waals surface area contributed by atoms with Crippen molar-refractivity contribution in [1.82, 2.24) is 15.5 Å². The van der Waals surface area contributed by atoms with E-state index in [2.05, 4.69) is 22.4 Å². The minimum absolute atomic E-state index is 0. The summed E-state index contributed by atoms with van der Waals surface area (Å²) in [7, 11) is 0. The van der Waals surface area contributed by atoms with E-state index in [0.29, 0.717) is 31.2 Å². The summed E-state index contributed by atoms with van der Waals surface area (Å²) in [6.07, 6.45) is 6.09. The van der Waals surface area contributed by atoms with Gasteiger partial charge in [0.25, 0.3) is 0 Å². The molecule has 1 amide bonds. The maximum Gasteiger partial charge on any atom is 0.226 e. The number of hydrogen-bond donors (Lipinski definition) is 2. The number of halogens is 1. The van der Waals surface area contributed by atoms with Crippen LogP contribution in [0, 0.1) is 5.92 Å². The molecule has 3 N–H and O–H groups in total. The van der Waals surface area contributed by atoms with Crippen molar-refractivity contribution in [2.75, 3.05) is 6.54 Å². The van der Waals surface area contributed by atoms with Gasteiger partial charge in [0.05, 0.1) is 0 Å². The van der Waals surface area contributed by atoms with Crippen LogP contribution in [0.4, 0.5) is 0 Å². The average molecular weight is 317 g/mol. The monoisotopic (exact) mass is 316 g/mol. The van der Waals surface area contributed by atoms with E-state index in [4.69, 9.17) is 10.3 Å². The van der Waals surface area contributed by atoms with Crippen molar-refractivity contribution in [2.45, 2.75) is 57.9 Å². The van der Waals surface area contributed by atoms with Gasteiger partial charge in [0.15, 0.2) is 5.82 Å². The quantitative estimate of drug-likeness (QED) is 0.722. The van der Waals surface area contributed by atoms with Gasteiger partial charge in [-0.1, -0.05) is 12.1 Å². The number of amides is 1. The van der Waals surface area contributed by atoms with Crippen molar-refractivity contribution in [1.29, 1.82) is 0 Å². The molecular weight excluding hydrogens is 292 g/mol. The van der Waals surface area contributed by atoms with Gasteiger partial charge < -0.3 is 15.6 Å². The lowest BCUT2D eigenvalue weighted by Gasteiger charge is -2.11. The first-order valence-electron chi connectivity index (χ1n) is 7.52. The predicted molar refractivity (Wildman–Crippen MR) is 82.2 cm³/mol. The Morgan fingerprint density at radius 1 is 1.48 bits per heavy atom. The Kier molecular flexibility index (Phi) is 7.67. The highest BCUT2D eigenvalue weighted by atomic mass is 35.5. The summed E-state index contributed by atoms with van der Waals surface area (Å²) in [6, 6.07) is 0.117. The molecule has 120 valence electrons. The van der Waals surface area contributed by atoms with Crippen molar-refractivity contribution in [3.05, 3.63) is 11.7 Å². The number of carbonyl (C=O) groups is 1. The second-order valence-electron chi connectivity index (χ2n) is 5.51. The smallest absolute Gasteiger partial charge is 0.226 e. The van der Waals surface area contributed by atoms with Crippen LogP contribution in [0.3, 0.4) is 0 Å². The van der Waals surface area contributed by atoms with Crippen LogP contribution in [-0.2, 0) is 17.6 Å². The number of aromatic nitrogens is 2. The molecule has 0 bridgehead atoms. The third-order valence-electron chi connectivity index (χ3n) is 3.54. The molecule has 1 aromatic heterocycles. The minimum atomic E-state index is 0. The molecule has 1 unspecified atom stereocenters. The summed E-state index contributed by atoms with van der Waals surface area (Å²) in [5.74, 6) is 2.04. The van der Waals surface area contributed by atoms with Crippen LogP contribution >= 0.6 is 12.4 Å². The Balaban J connectivity index is 0.00000220. The molecule has 1 fully saturated rings. The molecule has 0 radical (unpaired) electrons. The number of nitrogens with zero attached hydrogens (tertiary/aromatic N) is 2. The Morgan fingerprint density at radius 3 is 2.90 bits per heavy atom. The SMILES string of the molecule is CCCc1noc(CCCC(=O)NCC(N)C2CC2)n1.Cl. The Bertz CT molecular complexity index is 434. The second-order valence-corrected chi connectivity index (χ2v) is 5.51. The van der Waals surface area contributed by atoms with Gasteiger partial charge in [-0.25, -0.2) is 0 Å². The fraction of sp³-hybridized carbons (Fsp3) is 0.786. The standard InChI is InChI=1S/C14H24N4O2.ClH/c1-2-4-12-17-14(20-18-12)6-3-5-13(19)16-9-11(15)10-7-8-10;/h10-11H,2-9,15H2,1H3,(H,16,19);1H. The van der Waals surface area contributed by atoms with Gasteiger partial charge in [-0.3, -0.25) is 4.79 Å². The minimum Gasteiger partial charge on any atom is -0.355 e. The molecular formula is C14H25ClN4O2. The molecule has 0 aliphatic heterocycles. The van der Waals surface area contributed by atoms with E-state index < -0.39 is 0 Å². The summed E-state index contributed by atoms with van der Waals surface area (Å²) in [6.45, 7) is 2.66. The Hall–Kier alpha value is -1.14. The van der Waals surface area contributed by atoms with Crippen molar-refractivity contribution in [3.63, 3.8) is 0 Å². The van der Waals surface area contributed by atoms with Gasteiger partial charge in [-0.05, 0) is 31.6 Å². The van der Waals surface area contributed by atoms with Crippen LogP contribution in [0.5, 0.6) is 0 Å². The second kappa shape index (κ2) is 9.00. The molecule has 1 saturated carbocycles. The zero-order valence-corrected chi connectivity index (χ0v) is 13.3. The average Bonchev–Trinajstić information content (AvgIpc) is 3.19. The van der Waals surface area contributed by atoms with Crippen molar-refractivity contribution in [2.24, 2.45) is 11.7 Å². The molecule has 0 saturated heterocycles. The van der Waals surface area contributed by atoms with Crippen molar-refractivity contribution >= 4 is 18.3 Å². The molecule has 1 aliphatic rings. The van der Waals surface area contributed by atoms with Crippen LogP contribution in [0.1, 0.15) is 50.7 Å². The molecule has 2 rings (SSSR count). The molecule has 1 aliphatic carbocycles. The largest absolute Gasteiger partial charge is 0.355 e. The van der Waals surface area contributed by atoms with E-state index in [1.165, 1.54) is 12.8 Å². The molecule has 0 aromatic carbocycles. The lowest BCUT2D eigenvalue weighted by molar-refractivity contribution is -0.121. The van der Waals surface area contributed by atoms with E-state index in [0.717, 1.165) is 25.1 Å². The molecule has 1 heterocycles. The number of nitrogens with two attached hydrogens (primary N) is 1. The maximum atomic E-state index is 11.7. The first kappa shape index (κ1) is 17.9. The van der Waals surface area contributed by atoms with Crippen LogP contribution in [0.15, 0.2) is 4.52 Å². The summed E-state index contributed by atoms with van der Waals surface area (Å²) in [4.78, 5) is 15.9. The van der Waals surface area contributed by atoms with Crippen LogP contribution in [0.2, 0.25) is 0 Å². The van der Waals surface area contributed by atoms with E-state index in [1.54, 1.807) is 0 Å². The number of aryl methyl sites for hydroxylation is 2. The third kappa shape index (κ3) is 6.44. The highest BCUT2D eigenvalue weighted by Crippen LogP contribution is 2.31. The first-order chi connectivity index (χ1) is 9.69. The number of hydrogen-bond acceptors (Lipinski definition) is 5. The molecule has 21 heavy (non-hydrogen) atoms. The van der Waals surface area contributed by atoms with Crippen LogP contribution in [-0.4, -0.2) is 28.6 Å². The lowest BCUT2D eigenvalue weighted by atomic mass is 10.2. The molecule has 7 heteroatoms. The molecule has 0 spiro atoms. The van der Waals surface area contributed by atoms with Gasteiger partial charge >= 0.3 is 0 Å². The fourth-order valence-electron chi connectivity index (χ4n) is 2.13. The number of carbonyl (C=O) groups excluding carboxylic acids is 1. The zero-order valence-electron chi connectivity index (χ0n) is 12.5. The molecule has 1 atom stereocenters. The summed E-state index contributed by atoms with van der Waals surface area (Å²) >= 11 is 0. The van der Waals surface area contributed by atoms with Crippen molar-refractivity contribution in [3.8, 4) is 0 Å². The summed E-state index contributed by atoms with van der Waals surface area (Å²) in [5, 5.41) is 6.77. The van der Waals surface area contributed by atoms with Crippen LogP contribution in [0.25, 0.3) is 0 Å². The molecule has 1 aromatic rings. The highest BCUT2D eigenvalue weighted by Gasteiger charge is 2.28. The van der Waals surface area contributed by atoms with Crippen molar-refractivity contribution < 1.29 is 9.32 Å². The van der Waals surface area contributed by atoms with Gasteiger partial charge in [-0.2, -0.15) is 4.98 Å². The summed E-state index contributed by atoms with van der Waals surface area (Å²) < 4.78 is 5.12. The summed E-state index contributed by atoms with van der Waals surface area (Å²) in [5.41, 5.74) is 5.93. The topological polar surface area (TPSA) is 94.0 Å². The number of rotatable bonds is 9. The highest BCUT2D eigenvalue weighted by molar-refractivity contribution is 5.85. The van der Waals surface area contributed by atoms with E-state index >= 15 is 0 Å². The third-order valence-corrected chi connectivity index (χ3v) is 3.54. The predicted octanol–water partition coefficient (Wildman–Crippen LogP) is 1.62. The van der Waals surface area contributed by atoms with E-state index in [1.807, 2.05) is 0 Å². The zero-order chi connectivity index (χ0) is 14.4. The Labute approximate surface area is 131 Å². The van der Waals surface area contributed by atoms with Gasteiger partial charge in [0, 0.05) is 31.8 Å². The lowest BCUT2D eigenvalue weighted by Crippen LogP contribution is -2.38. The first-order valence-corrected chi connectivity index (χ1v) is 7.52.